The van der Waals surface area contributed by atoms with Gasteiger partial charge < -0.3 is 15.3 Å². The molecule has 0 radical (unpaired) electrons. The normalized spacial score (nSPS) is 39.0. The molecular formula is C51H73FN2O4S. The van der Waals surface area contributed by atoms with E-state index < -0.39 is 27.9 Å². The van der Waals surface area contributed by atoms with Crippen LogP contribution >= 0.6 is 0 Å². The number of nitrogens with zero attached hydrogens (tertiary/aromatic N) is 1. The quantitative estimate of drug-likeness (QED) is 0.216. The summed E-state index contributed by atoms with van der Waals surface area (Å²) >= 11 is 0. The monoisotopic (exact) mass is 829 g/mol. The first-order valence-electron chi connectivity index (χ1n) is 23.2. The lowest BCUT2D eigenvalue weighted by Crippen LogP contribution is -2.64. The lowest BCUT2D eigenvalue weighted by atomic mass is 9.33. The van der Waals surface area contributed by atoms with Crippen molar-refractivity contribution in [3.8, 4) is 0 Å². The zero-order chi connectivity index (χ0) is 42.2. The molecule has 0 aromatic heterocycles. The maximum absolute atomic E-state index is 14.1. The van der Waals surface area contributed by atoms with Crippen LogP contribution in [0.5, 0.6) is 0 Å². The van der Waals surface area contributed by atoms with Crippen molar-refractivity contribution in [2.45, 2.75) is 119 Å². The third-order valence-electron chi connectivity index (χ3n) is 18.5. The summed E-state index contributed by atoms with van der Waals surface area (Å²) in [6.45, 7) is 21.1. The second-order valence-electron chi connectivity index (χ2n) is 21.9. The minimum atomic E-state index is -2.87. The van der Waals surface area contributed by atoms with E-state index in [0.29, 0.717) is 49.6 Å². The van der Waals surface area contributed by atoms with Gasteiger partial charge >= 0.3 is 5.97 Å². The van der Waals surface area contributed by atoms with Gasteiger partial charge in [-0.15, -0.1) is 0 Å². The number of rotatable bonds is 11. The highest BCUT2D eigenvalue weighted by Gasteiger charge is 2.69. The Kier molecular flexibility index (Phi) is 11.2. The third kappa shape index (κ3) is 6.91. The van der Waals surface area contributed by atoms with E-state index in [-0.39, 0.29) is 45.0 Å². The molecule has 0 amide bonds. The standard InChI is InChI=1S/C51H73FN2O4S/c1-35(2)43-38(36-12-9-8-10-13-36)32-51(34-53-26-11-27-54-28-30-59(57,58)31-29-54)25-24-48(6)40(44(43)51)14-15-42-47(5)20-18-39(46(3,4)41(47)19-21-49(42,48)7)37-16-22-50(33-52,23-17-37)45(55)56/h8-10,12-13,16,18,32,35,40-42,53H,11,14-15,17,19-31,33-34H2,1-7H3,(H,55,56)/t40-,41+,42-,47+,48-,49-,50+,51+/m1/s1. The number of fused-ring (bicyclic) bond motifs is 7. The van der Waals surface area contributed by atoms with Crippen LogP contribution in [0.1, 0.15) is 125 Å². The highest BCUT2D eigenvalue weighted by molar-refractivity contribution is 7.91. The van der Waals surface area contributed by atoms with Gasteiger partial charge in [0, 0.05) is 25.0 Å². The molecule has 8 atom stereocenters. The second kappa shape index (κ2) is 15.4. The molecule has 6 aliphatic carbocycles. The summed E-state index contributed by atoms with van der Waals surface area (Å²) in [7, 11) is -2.87. The number of aliphatic carboxylic acids is 1. The van der Waals surface area contributed by atoms with E-state index in [1.165, 1.54) is 54.4 Å². The number of nitrogens with one attached hydrogen (secondary N) is 1. The Balaban J connectivity index is 1.08. The largest absolute Gasteiger partial charge is 0.481 e. The van der Waals surface area contributed by atoms with Crippen molar-refractivity contribution in [2.75, 3.05) is 50.9 Å². The number of hydrogen-bond donors (Lipinski definition) is 2. The molecule has 6 nitrogen and oxygen atoms in total. The van der Waals surface area contributed by atoms with Crippen molar-refractivity contribution in [2.24, 2.45) is 56.2 Å². The van der Waals surface area contributed by atoms with Crippen molar-refractivity contribution in [1.82, 2.24) is 10.2 Å². The Morgan fingerprint density at radius 1 is 0.915 bits per heavy atom. The third-order valence-corrected chi connectivity index (χ3v) is 20.1. The fourth-order valence-electron chi connectivity index (χ4n) is 15.0. The Hall–Kier alpha value is -2.55. The Bertz CT molecular complexity index is 2040. The van der Waals surface area contributed by atoms with Crippen molar-refractivity contribution < 1.29 is 22.7 Å². The van der Waals surface area contributed by atoms with Crippen molar-refractivity contribution in [1.29, 1.82) is 0 Å². The number of carbonyl (C=O) groups is 1. The fourth-order valence-corrected chi connectivity index (χ4v) is 16.3. The first-order valence-corrected chi connectivity index (χ1v) is 25.0. The van der Waals surface area contributed by atoms with Gasteiger partial charge in [0.2, 0.25) is 0 Å². The van der Waals surface area contributed by atoms with Gasteiger partial charge in [-0.3, -0.25) is 4.79 Å². The van der Waals surface area contributed by atoms with Crippen LogP contribution in [0.25, 0.3) is 5.57 Å². The molecule has 0 spiro atoms. The summed E-state index contributed by atoms with van der Waals surface area (Å²) in [6.07, 6.45) is 18.0. The molecule has 8 heteroatoms. The summed E-state index contributed by atoms with van der Waals surface area (Å²) in [5.74, 6) is 1.65. The van der Waals surface area contributed by atoms with Gasteiger partial charge in [0.05, 0.1) is 16.9 Å². The first kappa shape index (κ1) is 43.1. The molecule has 1 aromatic carbocycles. The van der Waals surface area contributed by atoms with Gasteiger partial charge in [-0.25, -0.2) is 12.8 Å². The van der Waals surface area contributed by atoms with E-state index >= 15 is 0 Å². The van der Waals surface area contributed by atoms with Crippen molar-refractivity contribution >= 4 is 21.4 Å². The SMILES string of the molecule is CC(C)C1=C2[C@H]3CC[C@@H]4[C@@]5(C)CC=C(C6=CC[C@](CF)(C(=O)O)CC6)C(C)(C)[C@@H]5CC[C@@]4(C)[C@]3(C)CC[C@@]2(CNCCCN2CCS(=O)(=O)CC2)C=C1c1ccccc1. The minimum Gasteiger partial charge on any atom is -0.481 e. The van der Waals surface area contributed by atoms with Crippen LogP contribution in [0.3, 0.4) is 0 Å². The van der Waals surface area contributed by atoms with E-state index in [0.717, 1.165) is 38.9 Å². The summed E-state index contributed by atoms with van der Waals surface area (Å²) in [6, 6.07) is 11.1. The molecule has 1 saturated heterocycles. The highest BCUT2D eigenvalue weighted by atomic mass is 32.2. The Morgan fingerprint density at radius 2 is 1.64 bits per heavy atom. The fraction of sp³-hybridized carbons (Fsp3) is 0.706. The summed E-state index contributed by atoms with van der Waals surface area (Å²) < 4.78 is 38.1. The van der Waals surface area contributed by atoms with Crippen molar-refractivity contribution in [3.63, 3.8) is 0 Å². The molecule has 2 N–H and O–H groups in total. The van der Waals surface area contributed by atoms with Crippen LogP contribution in [0, 0.1) is 56.2 Å². The summed E-state index contributed by atoms with van der Waals surface area (Å²) in [5, 5.41) is 13.9. The molecule has 7 aliphatic rings. The second-order valence-corrected chi connectivity index (χ2v) is 24.2. The maximum Gasteiger partial charge on any atom is 0.312 e. The number of allylic oxidation sites excluding steroid dienone is 6. The van der Waals surface area contributed by atoms with Crippen LogP contribution in [0.15, 0.2) is 70.9 Å². The topological polar surface area (TPSA) is 86.7 Å². The number of carboxylic acid groups (broad SMARTS) is 1. The molecule has 4 fully saturated rings. The predicted molar refractivity (Wildman–Crippen MR) is 238 cm³/mol. The van der Waals surface area contributed by atoms with E-state index in [2.05, 4.69) is 107 Å². The van der Waals surface area contributed by atoms with Crippen LogP contribution in [0.4, 0.5) is 4.39 Å². The molecule has 0 unspecified atom stereocenters. The van der Waals surface area contributed by atoms with E-state index in [4.69, 9.17) is 0 Å². The average molecular weight is 829 g/mol. The van der Waals surface area contributed by atoms with Gasteiger partial charge in [0.1, 0.15) is 6.67 Å². The molecule has 3 saturated carbocycles. The van der Waals surface area contributed by atoms with Crippen LogP contribution in [0.2, 0.25) is 0 Å². The number of carboxylic acids is 1. The van der Waals surface area contributed by atoms with E-state index in [1.54, 1.807) is 11.1 Å². The van der Waals surface area contributed by atoms with Gasteiger partial charge in [0.15, 0.2) is 9.84 Å². The lowest BCUT2D eigenvalue weighted by Gasteiger charge is -2.71. The zero-order valence-corrected chi connectivity index (χ0v) is 38.1. The Morgan fingerprint density at radius 3 is 2.29 bits per heavy atom. The van der Waals surface area contributed by atoms with E-state index in [9.17, 15) is 22.7 Å². The molecule has 1 aliphatic heterocycles. The van der Waals surface area contributed by atoms with Crippen LogP contribution < -0.4 is 5.32 Å². The smallest absolute Gasteiger partial charge is 0.312 e. The minimum absolute atomic E-state index is 0.0168. The van der Waals surface area contributed by atoms with E-state index in [1.807, 2.05) is 0 Å². The van der Waals surface area contributed by atoms with Gasteiger partial charge in [-0.05, 0) is 157 Å². The Labute approximate surface area is 355 Å². The van der Waals surface area contributed by atoms with Gasteiger partial charge in [-0.1, -0.05) is 103 Å². The molecule has 59 heavy (non-hydrogen) atoms. The lowest BCUT2D eigenvalue weighted by molar-refractivity contribution is -0.197. The summed E-state index contributed by atoms with van der Waals surface area (Å²) in [5.41, 5.74) is 8.00. The number of halogens is 1. The van der Waals surface area contributed by atoms with Crippen LogP contribution in [-0.2, 0) is 14.6 Å². The van der Waals surface area contributed by atoms with Gasteiger partial charge in [-0.2, -0.15) is 0 Å². The maximum atomic E-state index is 14.1. The molecule has 0 bridgehead atoms. The van der Waals surface area contributed by atoms with Crippen LogP contribution in [-0.4, -0.2) is 75.3 Å². The molecule has 1 aromatic rings. The molecule has 8 rings (SSSR count). The summed E-state index contributed by atoms with van der Waals surface area (Å²) in [4.78, 5) is 14.4. The number of sulfone groups is 1. The number of hydrogen-bond acceptors (Lipinski definition) is 5. The number of alkyl halides is 1. The first-order chi connectivity index (χ1) is 27.9. The number of benzene rings is 1. The molecule has 324 valence electrons. The predicted octanol–water partition coefficient (Wildman–Crippen LogP) is 10.5. The highest BCUT2D eigenvalue weighted by Crippen LogP contribution is 2.77. The zero-order valence-electron chi connectivity index (χ0n) is 37.3. The van der Waals surface area contributed by atoms with Gasteiger partial charge in [0.25, 0.3) is 0 Å². The molecule has 1 heterocycles. The average Bonchev–Trinajstić information content (AvgIpc) is 3.55. The van der Waals surface area contributed by atoms with Crippen molar-refractivity contribution in [3.05, 3.63) is 76.4 Å². The molecular weight excluding hydrogens is 756 g/mol.